The minimum absolute atomic E-state index is 0.294. The van der Waals surface area contributed by atoms with Crippen molar-refractivity contribution in [2.75, 3.05) is 11.1 Å². The monoisotopic (exact) mass is 262 g/mol. The molecule has 0 aliphatic heterocycles. The summed E-state index contributed by atoms with van der Waals surface area (Å²) in [4.78, 5) is 20.0. The highest BCUT2D eigenvalue weighted by Gasteiger charge is 2.12. The zero-order valence-electron chi connectivity index (χ0n) is 9.64. The number of rotatable bonds is 2. The number of amides is 1. The smallest absolute Gasteiger partial charge is 0.260 e. The number of pyridine rings is 2. The van der Waals surface area contributed by atoms with Gasteiger partial charge in [0.25, 0.3) is 5.91 Å². The average molecular weight is 263 g/mol. The predicted octanol–water partition coefficient (Wildman–Crippen LogP) is 2.27. The maximum absolute atomic E-state index is 12.0. The molecule has 0 fully saturated rings. The van der Waals surface area contributed by atoms with Gasteiger partial charge in [-0.25, -0.2) is 4.98 Å². The second-order valence-electron chi connectivity index (χ2n) is 3.70. The first-order valence-corrected chi connectivity index (χ1v) is 5.59. The lowest BCUT2D eigenvalue weighted by atomic mass is 10.2. The minimum atomic E-state index is -0.388. The van der Waals surface area contributed by atoms with E-state index < -0.39 is 0 Å². The molecule has 0 atom stereocenters. The van der Waals surface area contributed by atoms with Crippen LogP contribution in [0, 0.1) is 6.92 Å². The molecular weight excluding hydrogens is 252 g/mol. The molecule has 0 radical (unpaired) electrons. The Bertz CT molecular complexity index is 600. The highest BCUT2D eigenvalue weighted by Crippen LogP contribution is 2.19. The van der Waals surface area contributed by atoms with Crippen LogP contribution in [-0.4, -0.2) is 15.9 Å². The first kappa shape index (κ1) is 12.3. The van der Waals surface area contributed by atoms with Gasteiger partial charge in [0.15, 0.2) is 5.82 Å². The number of aryl methyl sites for hydroxylation is 1. The number of carbonyl (C=O) groups excluding carboxylic acids is 1. The minimum Gasteiger partial charge on any atom is -0.398 e. The van der Waals surface area contributed by atoms with Crippen molar-refractivity contribution in [2.24, 2.45) is 0 Å². The number of nitrogens with zero attached hydrogens (tertiary/aromatic N) is 2. The molecule has 2 rings (SSSR count). The summed E-state index contributed by atoms with van der Waals surface area (Å²) in [5, 5.41) is 2.95. The van der Waals surface area contributed by atoms with E-state index in [4.69, 9.17) is 17.3 Å². The summed E-state index contributed by atoms with van der Waals surface area (Å²) in [5.41, 5.74) is 7.17. The Kier molecular flexibility index (Phi) is 3.43. The molecule has 0 saturated heterocycles. The fraction of sp³-hybridized carbons (Fsp3) is 0.0833. The van der Waals surface area contributed by atoms with Crippen LogP contribution in [0.15, 0.2) is 30.6 Å². The molecule has 18 heavy (non-hydrogen) atoms. The van der Waals surface area contributed by atoms with Crippen molar-refractivity contribution in [1.29, 1.82) is 0 Å². The maximum Gasteiger partial charge on any atom is 0.260 e. The lowest BCUT2D eigenvalue weighted by molar-refractivity contribution is 0.102. The molecule has 0 aliphatic carbocycles. The summed E-state index contributed by atoms with van der Waals surface area (Å²) in [7, 11) is 0. The van der Waals surface area contributed by atoms with Crippen molar-refractivity contribution in [2.45, 2.75) is 6.92 Å². The van der Waals surface area contributed by atoms with Crippen molar-refractivity contribution >= 4 is 29.0 Å². The van der Waals surface area contributed by atoms with E-state index in [-0.39, 0.29) is 5.91 Å². The van der Waals surface area contributed by atoms with Gasteiger partial charge < -0.3 is 11.1 Å². The summed E-state index contributed by atoms with van der Waals surface area (Å²) in [5.74, 6) is -0.0928. The SMILES string of the molecule is Cc1cc(N)c(C(=O)Nc2ncccc2Cl)cn1. The summed E-state index contributed by atoms with van der Waals surface area (Å²) < 4.78 is 0. The Hall–Kier alpha value is -2.14. The van der Waals surface area contributed by atoms with Crippen LogP contribution in [0.5, 0.6) is 0 Å². The molecular formula is C12H11ClN4O. The van der Waals surface area contributed by atoms with E-state index in [1.165, 1.54) is 12.4 Å². The lowest BCUT2D eigenvalue weighted by Gasteiger charge is -2.07. The highest BCUT2D eigenvalue weighted by molar-refractivity contribution is 6.33. The van der Waals surface area contributed by atoms with Gasteiger partial charge in [-0.2, -0.15) is 0 Å². The third kappa shape index (κ3) is 2.57. The molecule has 0 spiro atoms. The van der Waals surface area contributed by atoms with E-state index in [0.717, 1.165) is 5.69 Å². The van der Waals surface area contributed by atoms with Crippen LogP contribution in [-0.2, 0) is 0 Å². The van der Waals surface area contributed by atoms with Crippen molar-refractivity contribution in [3.05, 3.63) is 46.9 Å². The van der Waals surface area contributed by atoms with Gasteiger partial charge in [0.05, 0.1) is 10.6 Å². The van der Waals surface area contributed by atoms with E-state index in [1.807, 2.05) is 0 Å². The third-order valence-corrected chi connectivity index (χ3v) is 2.61. The number of aromatic nitrogens is 2. The van der Waals surface area contributed by atoms with Gasteiger partial charge in [-0.05, 0) is 25.1 Å². The molecule has 2 aromatic heterocycles. The number of nitrogen functional groups attached to an aromatic ring is 1. The van der Waals surface area contributed by atoms with Gasteiger partial charge in [-0.15, -0.1) is 0 Å². The van der Waals surface area contributed by atoms with Gasteiger partial charge in [0.1, 0.15) is 0 Å². The Morgan fingerprint density at radius 2 is 2.22 bits per heavy atom. The van der Waals surface area contributed by atoms with Crippen LogP contribution in [0.1, 0.15) is 16.1 Å². The first-order chi connectivity index (χ1) is 8.58. The predicted molar refractivity (Wildman–Crippen MR) is 70.6 cm³/mol. The molecule has 3 N–H and O–H groups in total. The number of carbonyl (C=O) groups is 1. The molecule has 0 unspecified atom stereocenters. The van der Waals surface area contributed by atoms with Gasteiger partial charge in [0, 0.05) is 23.8 Å². The summed E-state index contributed by atoms with van der Waals surface area (Å²) >= 11 is 5.90. The average Bonchev–Trinajstić information content (AvgIpc) is 2.32. The molecule has 6 heteroatoms. The van der Waals surface area contributed by atoms with E-state index in [0.29, 0.717) is 22.1 Å². The van der Waals surface area contributed by atoms with E-state index in [1.54, 1.807) is 25.1 Å². The van der Waals surface area contributed by atoms with Crippen molar-refractivity contribution in [1.82, 2.24) is 9.97 Å². The van der Waals surface area contributed by atoms with Gasteiger partial charge in [-0.1, -0.05) is 11.6 Å². The molecule has 0 aromatic carbocycles. The first-order valence-electron chi connectivity index (χ1n) is 5.22. The van der Waals surface area contributed by atoms with E-state index in [2.05, 4.69) is 15.3 Å². The van der Waals surface area contributed by atoms with Crippen molar-refractivity contribution in [3.8, 4) is 0 Å². The zero-order valence-corrected chi connectivity index (χ0v) is 10.4. The standard InChI is InChI=1S/C12H11ClN4O/c1-7-5-10(14)8(6-16-7)12(18)17-11-9(13)3-2-4-15-11/h2-6H,1H3,(H2,14,16)(H,15,17,18). The van der Waals surface area contributed by atoms with Crippen LogP contribution < -0.4 is 11.1 Å². The molecule has 2 aromatic rings. The molecule has 0 saturated carbocycles. The summed E-state index contributed by atoms with van der Waals surface area (Å²) in [6, 6.07) is 4.95. The largest absolute Gasteiger partial charge is 0.398 e. The van der Waals surface area contributed by atoms with Crippen LogP contribution in [0.25, 0.3) is 0 Å². The molecule has 5 nitrogen and oxygen atoms in total. The third-order valence-electron chi connectivity index (χ3n) is 2.31. The quantitative estimate of drug-likeness (QED) is 0.870. The second-order valence-corrected chi connectivity index (χ2v) is 4.11. The van der Waals surface area contributed by atoms with Crippen LogP contribution >= 0.6 is 11.6 Å². The van der Waals surface area contributed by atoms with Crippen LogP contribution in [0.3, 0.4) is 0 Å². The fourth-order valence-electron chi connectivity index (χ4n) is 1.42. The maximum atomic E-state index is 12.0. The Balaban J connectivity index is 2.25. The molecule has 2 heterocycles. The van der Waals surface area contributed by atoms with Crippen LogP contribution in [0.2, 0.25) is 5.02 Å². The van der Waals surface area contributed by atoms with Gasteiger partial charge in [-0.3, -0.25) is 9.78 Å². The van der Waals surface area contributed by atoms with Crippen LogP contribution in [0.4, 0.5) is 11.5 Å². The van der Waals surface area contributed by atoms with Gasteiger partial charge in [0.2, 0.25) is 0 Å². The Labute approximate surface area is 109 Å². The summed E-state index contributed by atoms with van der Waals surface area (Å²) in [6.07, 6.45) is 2.97. The number of hydrogen-bond donors (Lipinski definition) is 2. The topological polar surface area (TPSA) is 80.9 Å². The highest BCUT2D eigenvalue weighted by atomic mass is 35.5. The zero-order chi connectivity index (χ0) is 13.1. The number of hydrogen-bond acceptors (Lipinski definition) is 4. The van der Waals surface area contributed by atoms with Crippen molar-refractivity contribution in [3.63, 3.8) is 0 Å². The van der Waals surface area contributed by atoms with Gasteiger partial charge >= 0.3 is 0 Å². The fourth-order valence-corrected chi connectivity index (χ4v) is 1.59. The number of nitrogens with one attached hydrogen (secondary N) is 1. The number of nitrogens with two attached hydrogens (primary N) is 1. The van der Waals surface area contributed by atoms with E-state index >= 15 is 0 Å². The lowest BCUT2D eigenvalue weighted by Crippen LogP contribution is -2.15. The Morgan fingerprint density at radius 3 is 2.89 bits per heavy atom. The second kappa shape index (κ2) is 5.01. The van der Waals surface area contributed by atoms with E-state index in [9.17, 15) is 4.79 Å². The molecule has 0 aliphatic rings. The Morgan fingerprint density at radius 1 is 1.44 bits per heavy atom. The van der Waals surface area contributed by atoms with Crippen molar-refractivity contribution < 1.29 is 4.79 Å². The number of anilines is 2. The molecule has 1 amide bonds. The molecule has 92 valence electrons. The summed E-state index contributed by atoms with van der Waals surface area (Å²) in [6.45, 7) is 1.80. The number of halogens is 1. The molecule has 0 bridgehead atoms. The normalized spacial score (nSPS) is 10.1.